The lowest BCUT2D eigenvalue weighted by Crippen LogP contribution is -2.27. The highest BCUT2D eigenvalue weighted by atomic mass is 16.2. The molecule has 0 aliphatic rings. The van der Waals surface area contributed by atoms with Crippen LogP contribution >= 0.6 is 0 Å². The maximum absolute atomic E-state index is 12.8. The molecule has 0 saturated carbocycles. The number of aryl methyl sites for hydroxylation is 2. The Morgan fingerprint density at radius 2 is 1.88 bits per heavy atom. The van der Waals surface area contributed by atoms with E-state index in [1.165, 1.54) is 4.68 Å². The van der Waals surface area contributed by atoms with Crippen LogP contribution < -0.4 is 10.9 Å². The molecule has 0 radical (unpaired) electrons. The third kappa shape index (κ3) is 3.60. The van der Waals surface area contributed by atoms with Crippen LogP contribution in [0.4, 0.5) is 5.69 Å². The molecule has 25 heavy (non-hydrogen) atoms. The lowest BCUT2D eigenvalue weighted by Gasteiger charge is -2.11. The molecule has 5 heteroatoms. The van der Waals surface area contributed by atoms with Gasteiger partial charge in [-0.3, -0.25) is 9.59 Å². The van der Waals surface area contributed by atoms with Gasteiger partial charge in [-0.05, 0) is 37.1 Å². The standard InChI is InChI=1S/C20H21N3O2/c1-3-4-12-23-20(25)17-11-6-5-10-16(17)18(22-23)19(24)21-15-9-7-8-14(2)13-15/h5-11,13H,3-4,12H2,1-2H3,(H,21,24). The van der Waals surface area contributed by atoms with Crippen LogP contribution in [0.15, 0.2) is 53.3 Å². The van der Waals surface area contributed by atoms with Gasteiger partial charge >= 0.3 is 0 Å². The largest absolute Gasteiger partial charge is 0.321 e. The molecule has 0 spiro atoms. The molecular formula is C20H21N3O2. The summed E-state index contributed by atoms with van der Waals surface area (Å²) in [4.78, 5) is 25.4. The van der Waals surface area contributed by atoms with Gasteiger partial charge in [-0.1, -0.05) is 43.7 Å². The Bertz CT molecular complexity index is 976. The van der Waals surface area contributed by atoms with Crippen molar-refractivity contribution in [3.05, 3.63) is 70.1 Å². The van der Waals surface area contributed by atoms with E-state index >= 15 is 0 Å². The summed E-state index contributed by atoms with van der Waals surface area (Å²) in [5, 5.41) is 8.32. The predicted octanol–water partition coefficient (Wildman–Crippen LogP) is 3.76. The molecule has 0 fully saturated rings. The van der Waals surface area contributed by atoms with Crippen LogP contribution in [-0.4, -0.2) is 15.7 Å². The van der Waals surface area contributed by atoms with Crippen LogP contribution in [0.2, 0.25) is 0 Å². The minimum Gasteiger partial charge on any atom is -0.321 e. The molecule has 5 nitrogen and oxygen atoms in total. The van der Waals surface area contributed by atoms with Gasteiger partial charge in [-0.25, -0.2) is 4.68 Å². The number of nitrogens with one attached hydrogen (secondary N) is 1. The first kappa shape index (κ1) is 16.9. The Morgan fingerprint density at radius 1 is 1.12 bits per heavy atom. The topological polar surface area (TPSA) is 64.0 Å². The Balaban J connectivity index is 2.06. The summed E-state index contributed by atoms with van der Waals surface area (Å²) in [5.74, 6) is -0.313. The summed E-state index contributed by atoms with van der Waals surface area (Å²) in [6.07, 6.45) is 1.79. The van der Waals surface area contributed by atoms with Gasteiger partial charge in [0.15, 0.2) is 5.69 Å². The van der Waals surface area contributed by atoms with Crippen LogP contribution in [0.5, 0.6) is 0 Å². The monoisotopic (exact) mass is 335 g/mol. The summed E-state index contributed by atoms with van der Waals surface area (Å²) in [6.45, 7) is 4.52. The van der Waals surface area contributed by atoms with Crippen LogP contribution in [-0.2, 0) is 6.54 Å². The quantitative estimate of drug-likeness (QED) is 0.772. The van der Waals surface area contributed by atoms with Gasteiger partial charge in [0.25, 0.3) is 11.5 Å². The van der Waals surface area contributed by atoms with Crippen LogP contribution in [0.3, 0.4) is 0 Å². The second-order valence-electron chi connectivity index (χ2n) is 6.10. The Hall–Kier alpha value is -2.95. The third-order valence-electron chi connectivity index (χ3n) is 4.08. The molecule has 128 valence electrons. The lowest BCUT2D eigenvalue weighted by atomic mass is 10.1. The average molecular weight is 335 g/mol. The number of hydrogen-bond donors (Lipinski definition) is 1. The maximum Gasteiger partial charge on any atom is 0.276 e. The minimum atomic E-state index is -0.313. The van der Waals surface area contributed by atoms with Gasteiger partial charge in [0, 0.05) is 17.6 Å². The van der Waals surface area contributed by atoms with E-state index in [-0.39, 0.29) is 17.2 Å². The Morgan fingerprint density at radius 3 is 2.60 bits per heavy atom. The van der Waals surface area contributed by atoms with E-state index < -0.39 is 0 Å². The zero-order valence-corrected chi connectivity index (χ0v) is 14.5. The Labute approximate surface area is 146 Å². The number of nitrogens with zero attached hydrogens (tertiary/aromatic N) is 2. The summed E-state index contributed by atoms with van der Waals surface area (Å²) in [6, 6.07) is 14.7. The highest BCUT2D eigenvalue weighted by Gasteiger charge is 2.16. The summed E-state index contributed by atoms with van der Waals surface area (Å²) in [7, 11) is 0. The van der Waals surface area contributed by atoms with Crippen molar-refractivity contribution in [1.29, 1.82) is 0 Å². The molecule has 3 aromatic rings. The van der Waals surface area contributed by atoms with Gasteiger partial charge in [-0.15, -0.1) is 0 Å². The zero-order chi connectivity index (χ0) is 17.8. The number of aromatic nitrogens is 2. The molecule has 1 amide bonds. The van der Waals surface area contributed by atoms with Crippen molar-refractivity contribution in [2.75, 3.05) is 5.32 Å². The van der Waals surface area contributed by atoms with E-state index in [1.54, 1.807) is 18.2 Å². The fourth-order valence-corrected chi connectivity index (χ4v) is 2.78. The molecule has 0 bridgehead atoms. The molecule has 2 aromatic carbocycles. The Kier molecular flexibility index (Phi) is 4.93. The van der Waals surface area contributed by atoms with E-state index in [0.29, 0.717) is 23.0 Å². The smallest absolute Gasteiger partial charge is 0.276 e. The van der Waals surface area contributed by atoms with Crippen molar-refractivity contribution in [3.63, 3.8) is 0 Å². The first-order valence-electron chi connectivity index (χ1n) is 8.48. The first-order chi connectivity index (χ1) is 12.1. The van der Waals surface area contributed by atoms with E-state index in [1.807, 2.05) is 37.3 Å². The molecule has 0 aliphatic carbocycles. The number of amides is 1. The molecule has 1 aromatic heterocycles. The number of rotatable bonds is 5. The second-order valence-corrected chi connectivity index (χ2v) is 6.10. The van der Waals surface area contributed by atoms with E-state index in [2.05, 4.69) is 17.3 Å². The number of fused-ring (bicyclic) bond motifs is 1. The molecule has 3 rings (SSSR count). The number of anilines is 1. The van der Waals surface area contributed by atoms with Gasteiger partial charge < -0.3 is 5.32 Å². The van der Waals surface area contributed by atoms with Crippen molar-refractivity contribution in [3.8, 4) is 0 Å². The zero-order valence-electron chi connectivity index (χ0n) is 14.5. The van der Waals surface area contributed by atoms with Gasteiger partial charge in [-0.2, -0.15) is 5.10 Å². The highest BCUT2D eigenvalue weighted by Crippen LogP contribution is 2.16. The number of benzene rings is 2. The molecule has 0 saturated heterocycles. The van der Waals surface area contributed by atoms with Crippen molar-refractivity contribution >= 4 is 22.4 Å². The highest BCUT2D eigenvalue weighted by molar-refractivity contribution is 6.11. The van der Waals surface area contributed by atoms with Crippen LogP contribution in [0.25, 0.3) is 10.8 Å². The van der Waals surface area contributed by atoms with Crippen LogP contribution in [0.1, 0.15) is 35.8 Å². The van der Waals surface area contributed by atoms with Gasteiger partial charge in [0.2, 0.25) is 0 Å². The van der Waals surface area contributed by atoms with Crippen molar-refractivity contribution in [1.82, 2.24) is 9.78 Å². The van der Waals surface area contributed by atoms with Crippen molar-refractivity contribution in [2.24, 2.45) is 0 Å². The molecular weight excluding hydrogens is 314 g/mol. The van der Waals surface area contributed by atoms with Crippen molar-refractivity contribution in [2.45, 2.75) is 33.2 Å². The predicted molar refractivity (Wildman–Crippen MR) is 100 cm³/mol. The molecule has 1 N–H and O–H groups in total. The number of hydrogen-bond acceptors (Lipinski definition) is 3. The lowest BCUT2D eigenvalue weighted by molar-refractivity contribution is 0.102. The normalized spacial score (nSPS) is 10.8. The number of carbonyl (C=O) groups is 1. The second kappa shape index (κ2) is 7.30. The van der Waals surface area contributed by atoms with Crippen molar-refractivity contribution < 1.29 is 4.79 Å². The fraction of sp³-hybridized carbons (Fsp3) is 0.250. The average Bonchev–Trinajstić information content (AvgIpc) is 2.61. The number of unbranched alkanes of at least 4 members (excludes halogenated alkanes) is 1. The summed E-state index contributed by atoms with van der Waals surface area (Å²) in [5.41, 5.74) is 1.88. The molecule has 0 atom stereocenters. The molecule has 0 aliphatic heterocycles. The number of carbonyl (C=O) groups excluding carboxylic acids is 1. The third-order valence-corrected chi connectivity index (χ3v) is 4.08. The molecule has 0 unspecified atom stereocenters. The van der Waals surface area contributed by atoms with Crippen LogP contribution in [0, 0.1) is 6.92 Å². The maximum atomic E-state index is 12.8. The van der Waals surface area contributed by atoms with E-state index in [0.717, 1.165) is 18.4 Å². The molecule has 1 heterocycles. The summed E-state index contributed by atoms with van der Waals surface area (Å²) < 4.78 is 1.40. The van der Waals surface area contributed by atoms with E-state index in [9.17, 15) is 9.59 Å². The van der Waals surface area contributed by atoms with E-state index in [4.69, 9.17) is 0 Å². The summed E-state index contributed by atoms with van der Waals surface area (Å²) >= 11 is 0. The van der Waals surface area contributed by atoms with Gasteiger partial charge in [0.05, 0.1) is 5.39 Å². The first-order valence-corrected chi connectivity index (χ1v) is 8.48. The SMILES string of the molecule is CCCCn1nc(C(=O)Nc2cccc(C)c2)c2ccccc2c1=O. The van der Waals surface area contributed by atoms with Gasteiger partial charge in [0.1, 0.15) is 0 Å². The fourth-order valence-electron chi connectivity index (χ4n) is 2.78. The minimum absolute atomic E-state index is 0.156.